The Balaban J connectivity index is 2.25. The van der Waals surface area contributed by atoms with Gasteiger partial charge in [-0.15, -0.1) is 12.2 Å². The van der Waals surface area contributed by atoms with Crippen molar-refractivity contribution in [2.75, 3.05) is 24.7 Å². The number of benzene rings is 1. The lowest BCUT2D eigenvalue weighted by molar-refractivity contribution is 0.418. The number of aliphatic imine (C=N–C) groups is 1. The molecule has 40 heavy (non-hydrogen) atoms. The molecule has 1 unspecified atom stereocenters. The molecule has 0 fully saturated rings. The molecule has 0 saturated heterocycles. The zero-order valence-electron chi connectivity index (χ0n) is 24.5. The fourth-order valence-corrected chi connectivity index (χ4v) is 5.51. The monoisotopic (exact) mass is 597 g/mol. The van der Waals surface area contributed by atoms with Gasteiger partial charge >= 0.3 is 0 Å². The van der Waals surface area contributed by atoms with Crippen LogP contribution in [0.15, 0.2) is 86.8 Å². The summed E-state index contributed by atoms with van der Waals surface area (Å²) in [6.45, 7) is 12.3. The van der Waals surface area contributed by atoms with Gasteiger partial charge in [0.1, 0.15) is 0 Å². The normalized spacial score (nSPS) is 15.9. The standard InChI is InChI=1S/C34H42Cl3N3/c1-7-15-25(5)20-21-27(8-2)16-14-22-38-24-39-33(28(9-3)30(35)10-4)29-17-11-12-23-40(26(29)6)34-31(36)18-13-19-32(34)37/h1,9-10,12-13,15,17-19,27,38H,8,14,16,20-24H2,2-6H3/b25-15+,28-9+,30-10+,39-33-. The van der Waals surface area contributed by atoms with E-state index in [4.69, 9.17) is 46.2 Å². The maximum Gasteiger partial charge on any atom is 0.0892 e. The van der Waals surface area contributed by atoms with Gasteiger partial charge in [0, 0.05) is 28.4 Å². The second kappa shape index (κ2) is 18.1. The van der Waals surface area contributed by atoms with E-state index in [1.54, 1.807) is 0 Å². The van der Waals surface area contributed by atoms with Crippen LogP contribution in [0.2, 0.25) is 10.0 Å². The summed E-state index contributed by atoms with van der Waals surface area (Å²) in [6.07, 6.45) is 20.8. The van der Waals surface area contributed by atoms with Crippen molar-refractivity contribution in [2.24, 2.45) is 10.9 Å². The number of para-hydroxylation sites is 1. The van der Waals surface area contributed by atoms with Gasteiger partial charge in [-0.3, -0.25) is 10.3 Å². The third-order valence-corrected chi connectivity index (χ3v) is 8.13. The van der Waals surface area contributed by atoms with Crippen molar-refractivity contribution in [2.45, 2.75) is 66.7 Å². The molecule has 1 heterocycles. The first kappa shape index (κ1) is 33.8. The Kier molecular flexibility index (Phi) is 15.3. The number of terminal acetylenes is 1. The molecule has 0 bridgehead atoms. The van der Waals surface area contributed by atoms with E-state index in [9.17, 15) is 0 Å². The Bertz CT molecular complexity index is 1250. The van der Waals surface area contributed by atoms with Crippen LogP contribution in [-0.2, 0) is 0 Å². The molecule has 1 aliphatic rings. The van der Waals surface area contributed by atoms with E-state index in [1.807, 2.05) is 62.4 Å². The van der Waals surface area contributed by atoms with Crippen molar-refractivity contribution < 1.29 is 0 Å². The molecule has 2 rings (SSSR count). The summed E-state index contributed by atoms with van der Waals surface area (Å²) in [5.41, 5.74) is 8.90. The van der Waals surface area contributed by atoms with Gasteiger partial charge in [0.2, 0.25) is 0 Å². The Hall–Kier alpha value is -2.44. The summed E-state index contributed by atoms with van der Waals surface area (Å²) in [6, 6.07) is 5.55. The lowest BCUT2D eigenvalue weighted by atomic mass is 9.93. The maximum absolute atomic E-state index is 6.68. The average Bonchev–Trinajstić information content (AvgIpc) is 3.12. The van der Waals surface area contributed by atoms with Crippen LogP contribution in [-0.4, -0.2) is 25.5 Å². The van der Waals surface area contributed by atoms with Gasteiger partial charge in [0.15, 0.2) is 0 Å². The van der Waals surface area contributed by atoms with Gasteiger partial charge in [-0.05, 0) is 96.2 Å². The van der Waals surface area contributed by atoms with E-state index in [-0.39, 0.29) is 0 Å². The highest BCUT2D eigenvalue weighted by Crippen LogP contribution is 2.37. The molecule has 0 spiro atoms. The van der Waals surface area contributed by atoms with Gasteiger partial charge in [0.25, 0.3) is 0 Å². The van der Waals surface area contributed by atoms with Gasteiger partial charge in [-0.1, -0.05) is 77.9 Å². The van der Waals surface area contributed by atoms with Crippen molar-refractivity contribution in [3.63, 3.8) is 0 Å². The number of nitrogens with one attached hydrogen (secondary N) is 1. The minimum atomic E-state index is 0.475. The molecule has 0 radical (unpaired) electrons. The minimum Gasteiger partial charge on any atom is -0.338 e. The number of rotatable bonds is 14. The third-order valence-electron chi connectivity index (χ3n) is 7.10. The summed E-state index contributed by atoms with van der Waals surface area (Å²) < 4.78 is 0. The average molecular weight is 599 g/mol. The van der Waals surface area contributed by atoms with Crippen LogP contribution in [0.25, 0.3) is 0 Å². The first-order valence-corrected chi connectivity index (χ1v) is 15.1. The summed E-state index contributed by atoms with van der Waals surface area (Å²) in [4.78, 5) is 7.12. The van der Waals surface area contributed by atoms with Gasteiger partial charge in [0.05, 0.1) is 28.1 Å². The lowest BCUT2D eigenvalue weighted by Gasteiger charge is -2.27. The molecule has 0 aliphatic carbocycles. The van der Waals surface area contributed by atoms with E-state index in [0.29, 0.717) is 34.2 Å². The van der Waals surface area contributed by atoms with Crippen LogP contribution >= 0.6 is 34.8 Å². The molecule has 1 atom stereocenters. The largest absolute Gasteiger partial charge is 0.338 e. The molecule has 1 N–H and O–H groups in total. The SMILES string of the molecule is C#C/C=C(\C)CCC(CC)CCCNC/N=C(C1=C(C)N(c2c(Cl)cccc2Cl)CC=C=C1)/C(=C/C)C(/Cl)=C\C. The molecule has 6 heteroatoms. The molecule has 1 aliphatic heterocycles. The van der Waals surface area contributed by atoms with Crippen LogP contribution in [0.3, 0.4) is 0 Å². The predicted octanol–water partition coefficient (Wildman–Crippen LogP) is 10.0. The van der Waals surface area contributed by atoms with Crippen molar-refractivity contribution in [3.8, 4) is 12.3 Å². The van der Waals surface area contributed by atoms with Crippen LogP contribution in [0.5, 0.6) is 0 Å². The van der Waals surface area contributed by atoms with Crippen molar-refractivity contribution in [1.29, 1.82) is 0 Å². The quantitative estimate of drug-likeness (QED) is 0.0758. The molecular formula is C34H42Cl3N3. The Labute approximate surface area is 257 Å². The summed E-state index contributed by atoms with van der Waals surface area (Å²) in [5, 5.41) is 5.33. The zero-order chi connectivity index (χ0) is 29.5. The number of hydrogen-bond acceptors (Lipinski definition) is 3. The van der Waals surface area contributed by atoms with Gasteiger partial charge in [-0.25, -0.2) is 0 Å². The molecule has 1 aromatic rings. The minimum absolute atomic E-state index is 0.475. The van der Waals surface area contributed by atoms with Crippen molar-refractivity contribution in [3.05, 3.63) is 91.8 Å². The first-order chi connectivity index (χ1) is 19.3. The molecule has 0 aromatic heterocycles. The Morgan fingerprint density at radius 3 is 2.58 bits per heavy atom. The molecule has 1 aromatic carbocycles. The molecule has 0 saturated carbocycles. The number of anilines is 1. The summed E-state index contributed by atoms with van der Waals surface area (Å²) in [7, 11) is 0. The van der Waals surface area contributed by atoms with E-state index in [0.717, 1.165) is 47.6 Å². The Morgan fingerprint density at radius 1 is 1.23 bits per heavy atom. The van der Waals surface area contributed by atoms with Gasteiger partial charge in [-0.2, -0.15) is 0 Å². The highest BCUT2D eigenvalue weighted by molar-refractivity contribution is 6.39. The topological polar surface area (TPSA) is 27.6 Å². The number of allylic oxidation sites excluding steroid dienone is 8. The highest BCUT2D eigenvalue weighted by Gasteiger charge is 2.22. The fraction of sp³-hybridized carbons (Fsp3) is 0.412. The molecule has 214 valence electrons. The van der Waals surface area contributed by atoms with E-state index in [2.05, 4.69) is 42.6 Å². The summed E-state index contributed by atoms with van der Waals surface area (Å²) in [5.74, 6) is 3.32. The van der Waals surface area contributed by atoms with Crippen molar-refractivity contribution in [1.82, 2.24) is 5.32 Å². The lowest BCUT2D eigenvalue weighted by Crippen LogP contribution is -2.25. The summed E-state index contributed by atoms with van der Waals surface area (Å²) >= 11 is 19.9. The van der Waals surface area contributed by atoms with Crippen LogP contribution in [0.4, 0.5) is 5.69 Å². The molecular weight excluding hydrogens is 557 g/mol. The second-order valence-electron chi connectivity index (χ2n) is 9.81. The number of nitrogens with zero attached hydrogens (tertiary/aromatic N) is 2. The predicted molar refractivity (Wildman–Crippen MR) is 178 cm³/mol. The molecule has 3 nitrogen and oxygen atoms in total. The Morgan fingerprint density at radius 2 is 1.95 bits per heavy atom. The highest BCUT2D eigenvalue weighted by atomic mass is 35.5. The van der Waals surface area contributed by atoms with E-state index in [1.165, 1.54) is 24.8 Å². The van der Waals surface area contributed by atoms with Crippen LogP contribution in [0.1, 0.15) is 66.7 Å². The smallest absolute Gasteiger partial charge is 0.0892 e. The number of hydrogen-bond donors (Lipinski definition) is 1. The molecule has 0 amide bonds. The van der Waals surface area contributed by atoms with E-state index < -0.39 is 0 Å². The van der Waals surface area contributed by atoms with Crippen LogP contribution < -0.4 is 10.2 Å². The van der Waals surface area contributed by atoms with Crippen molar-refractivity contribution >= 4 is 46.2 Å². The third kappa shape index (κ3) is 9.88. The van der Waals surface area contributed by atoms with Crippen LogP contribution in [0, 0.1) is 18.3 Å². The first-order valence-electron chi connectivity index (χ1n) is 14.0. The maximum atomic E-state index is 6.68. The van der Waals surface area contributed by atoms with Gasteiger partial charge < -0.3 is 4.90 Å². The van der Waals surface area contributed by atoms with E-state index >= 15 is 0 Å². The number of halogens is 3. The fourth-order valence-electron chi connectivity index (χ4n) is 4.71. The second-order valence-corrected chi connectivity index (χ2v) is 11.0. The zero-order valence-corrected chi connectivity index (χ0v) is 26.7.